The number of nitrogens with one attached hydrogen (secondary N) is 1. The Bertz CT molecular complexity index is 910. The van der Waals surface area contributed by atoms with Gasteiger partial charge >= 0.3 is 5.97 Å². The summed E-state index contributed by atoms with van der Waals surface area (Å²) in [5.41, 5.74) is 6.68. The Hall–Kier alpha value is -2.94. The smallest absolute Gasteiger partial charge is 0.347 e. The second-order valence-corrected chi connectivity index (χ2v) is 7.40. The molecular formula is C19H19FN2O5S. The Morgan fingerprint density at radius 1 is 1.25 bits per heavy atom. The molecule has 28 heavy (non-hydrogen) atoms. The zero-order valence-corrected chi connectivity index (χ0v) is 15.9. The minimum atomic E-state index is -0.981. The minimum absolute atomic E-state index is 0.300. The fourth-order valence-electron chi connectivity index (χ4n) is 2.94. The van der Waals surface area contributed by atoms with Gasteiger partial charge in [-0.15, -0.1) is 11.3 Å². The number of rotatable bonds is 7. The molecule has 2 aromatic rings. The number of benzene rings is 1. The standard InChI is InChI=1S/C19H19FN2O5S/c1-10(27-12-7-5-11(20)6-8-12)19(25)26-9-15(23)22-18-16(17(21)24)13-3-2-4-14(13)28-18/h5-8,10H,2-4,9H2,1H3,(H2,21,24)(H,22,23)/t10-/m0/s1. The predicted octanol–water partition coefficient (Wildman–Crippen LogP) is 2.42. The molecule has 0 saturated heterocycles. The Morgan fingerprint density at radius 3 is 2.64 bits per heavy atom. The van der Waals surface area contributed by atoms with Crippen molar-refractivity contribution in [2.75, 3.05) is 11.9 Å². The van der Waals surface area contributed by atoms with Crippen LogP contribution in [0.25, 0.3) is 0 Å². The molecule has 3 N–H and O–H groups in total. The Kier molecular flexibility index (Phi) is 5.93. The van der Waals surface area contributed by atoms with Crippen molar-refractivity contribution in [1.29, 1.82) is 0 Å². The third kappa shape index (κ3) is 4.48. The van der Waals surface area contributed by atoms with Crippen molar-refractivity contribution in [2.45, 2.75) is 32.3 Å². The van der Waals surface area contributed by atoms with Gasteiger partial charge in [-0.25, -0.2) is 9.18 Å². The van der Waals surface area contributed by atoms with Crippen molar-refractivity contribution < 1.29 is 28.2 Å². The number of carbonyl (C=O) groups is 3. The van der Waals surface area contributed by atoms with E-state index in [9.17, 15) is 18.8 Å². The van der Waals surface area contributed by atoms with E-state index in [-0.39, 0.29) is 0 Å². The second-order valence-electron chi connectivity index (χ2n) is 6.30. The Balaban J connectivity index is 1.53. The van der Waals surface area contributed by atoms with Crippen LogP contribution in [-0.4, -0.2) is 30.5 Å². The van der Waals surface area contributed by atoms with Gasteiger partial charge in [0.25, 0.3) is 11.8 Å². The van der Waals surface area contributed by atoms with E-state index in [1.807, 2.05) is 0 Å². The van der Waals surface area contributed by atoms with Gasteiger partial charge in [-0.05, 0) is 56.0 Å². The predicted molar refractivity (Wildman–Crippen MR) is 101 cm³/mol. The van der Waals surface area contributed by atoms with Gasteiger partial charge in [0, 0.05) is 4.88 Å². The van der Waals surface area contributed by atoms with Crippen molar-refractivity contribution in [3.63, 3.8) is 0 Å². The van der Waals surface area contributed by atoms with E-state index < -0.39 is 36.3 Å². The van der Waals surface area contributed by atoms with Gasteiger partial charge in [0.05, 0.1) is 5.56 Å². The fourth-order valence-corrected chi connectivity index (χ4v) is 4.25. The first-order valence-electron chi connectivity index (χ1n) is 8.68. The van der Waals surface area contributed by atoms with Gasteiger partial charge in [-0.1, -0.05) is 0 Å². The summed E-state index contributed by atoms with van der Waals surface area (Å²) < 4.78 is 23.2. The summed E-state index contributed by atoms with van der Waals surface area (Å²) in [4.78, 5) is 36.9. The van der Waals surface area contributed by atoms with Gasteiger partial charge in [0.1, 0.15) is 16.6 Å². The number of halogens is 1. The highest BCUT2D eigenvalue weighted by atomic mass is 32.1. The first-order valence-corrected chi connectivity index (χ1v) is 9.50. The third-order valence-electron chi connectivity index (χ3n) is 4.22. The molecule has 9 heteroatoms. The number of ether oxygens (including phenoxy) is 2. The minimum Gasteiger partial charge on any atom is -0.479 e. The fraction of sp³-hybridized carbons (Fsp3) is 0.316. The first-order chi connectivity index (χ1) is 13.3. The van der Waals surface area contributed by atoms with Crippen LogP contribution in [0, 0.1) is 5.82 Å². The summed E-state index contributed by atoms with van der Waals surface area (Å²) in [6.07, 6.45) is 1.58. The molecule has 1 atom stereocenters. The van der Waals surface area contributed by atoms with Crippen molar-refractivity contribution in [3.8, 4) is 5.75 Å². The number of thiophene rings is 1. The Morgan fingerprint density at radius 2 is 1.96 bits per heavy atom. The van der Waals surface area contributed by atoms with Gasteiger partial charge in [0.2, 0.25) is 0 Å². The number of primary amides is 1. The lowest BCUT2D eigenvalue weighted by molar-refractivity contribution is -0.153. The molecule has 7 nitrogen and oxygen atoms in total. The number of hydrogen-bond acceptors (Lipinski definition) is 6. The number of hydrogen-bond donors (Lipinski definition) is 2. The SMILES string of the molecule is C[C@H](Oc1ccc(F)cc1)C(=O)OCC(=O)Nc1sc2c(c1C(N)=O)CCC2. The molecule has 0 unspecified atom stereocenters. The van der Waals surface area contributed by atoms with Crippen LogP contribution in [-0.2, 0) is 27.2 Å². The molecule has 2 amide bonds. The van der Waals surface area contributed by atoms with Crippen LogP contribution >= 0.6 is 11.3 Å². The molecule has 0 fully saturated rings. The normalized spacial score (nSPS) is 13.5. The summed E-state index contributed by atoms with van der Waals surface area (Å²) in [6.45, 7) is 0.926. The lowest BCUT2D eigenvalue weighted by Crippen LogP contribution is -2.30. The molecule has 1 heterocycles. The van der Waals surface area contributed by atoms with E-state index in [1.54, 1.807) is 0 Å². The summed E-state index contributed by atoms with van der Waals surface area (Å²) in [5, 5.41) is 2.97. The average molecular weight is 406 g/mol. The van der Waals surface area contributed by atoms with Crippen molar-refractivity contribution in [2.24, 2.45) is 5.73 Å². The van der Waals surface area contributed by atoms with Crippen LogP contribution < -0.4 is 15.8 Å². The van der Waals surface area contributed by atoms with Crippen LogP contribution in [0.4, 0.5) is 9.39 Å². The third-order valence-corrected chi connectivity index (χ3v) is 5.43. The monoisotopic (exact) mass is 406 g/mol. The van der Waals surface area contributed by atoms with Crippen LogP contribution in [0.1, 0.15) is 34.1 Å². The molecule has 3 rings (SSSR count). The average Bonchev–Trinajstić information content (AvgIpc) is 3.21. The molecule has 1 aliphatic carbocycles. The van der Waals surface area contributed by atoms with Crippen LogP contribution in [0.2, 0.25) is 0 Å². The molecule has 0 aliphatic heterocycles. The van der Waals surface area contributed by atoms with E-state index in [2.05, 4.69) is 5.32 Å². The number of carbonyl (C=O) groups excluding carboxylic acids is 3. The lowest BCUT2D eigenvalue weighted by atomic mass is 10.1. The molecule has 1 aliphatic rings. The number of esters is 1. The number of fused-ring (bicyclic) bond motifs is 1. The molecule has 1 aromatic heterocycles. The molecular weight excluding hydrogens is 387 g/mol. The summed E-state index contributed by atoms with van der Waals surface area (Å²) in [7, 11) is 0. The van der Waals surface area contributed by atoms with Crippen LogP contribution in [0.5, 0.6) is 5.75 Å². The zero-order chi connectivity index (χ0) is 20.3. The van der Waals surface area contributed by atoms with Gasteiger partial charge in [-0.3, -0.25) is 9.59 Å². The molecule has 0 bridgehead atoms. The molecule has 0 radical (unpaired) electrons. The largest absolute Gasteiger partial charge is 0.479 e. The van der Waals surface area contributed by atoms with Crippen molar-refractivity contribution in [3.05, 3.63) is 46.1 Å². The van der Waals surface area contributed by atoms with Gasteiger partial charge < -0.3 is 20.5 Å². The molecule has 0 saturated carbocycles. The molecule has 1 aromatic carbocycles. The Labute approximate surface area is 164 Å². The van der Waals surface area contributed by atoms with E-state index in [1.165, 1.54) is 42.5 Å². The van der Waals surface area contributed by atoms with Crippen molar-refractivity contribution in [1.82, 2.24) is 0 Å². The van der Waals surface area contributed by atoms with Gasteiger partial charge in [-0.2, -0.15) is 0 Å². The van der Waals surface area contributed by atoms with E-state index >= 15 is 0 Å². The maximum absolute atomic E-state index is 12.9. The number of anilines is 1. The van der Waals surface area contributed by atoms with E-state index in [0.717, 1.165) is 29.7 Å². The molecule has 148 valence electrons. The highest BCUT2D eigenvalue weighted by Gasteiger charge is 2.26. The topological polar surface area (TPSA) is 108 Å². The van der Waals surface area contributed by atoms with Crippen LogP contribution in [0.3, 0.4) is 0 Å². The maximum atomic E-state index is 12.9. The molecule has 0 spiro atoms. The maximum Gasteiger partial charge on any atom is 0.347 e. The lowest BCUT2D eigenvalue weighted by Gasteiger charge is -2.14. The zero-order valence-electron chi connectivity index (χ0n) is 15.1. The van der Waals surface area contributed by atoms with Gasteiger partial charge in [0.15, 0.2) is 12.7 Å². The quantitative estimate of drug-likeness (QED) is 0.687. The first kappa shape index (κ1) is 19.8. The number of aryl methyl sites for hydroxylation is 1. The van der Waals surface area contributed by atoms with E-state index in [4.69, 9.17) is 15.2 Å². The summed E-state index contributed by atoms with van der Waals surface area (Å²) in [5.74, 6) is -2.04. The van der Waals surface area contributed by atoms with Crippen LogP contribution in [0.15, 0.2) is 24.3 Å². The second kappa shape index (κ2) is 8.39. The van der Waals surface area contributed by atoms with E-state index in [0.29, 0.717) is 16.3 Å². The highest BCUT2D eigenvalue weighted by Crippen LogP contribution is 2.38. The number of amides is 2. The summed E-state index contributed by atoms with van der Waals surface area (Å²) >= 11 is 1.32. The highest BCUT2D eigenvalue weighted by molar-refractivity contribution is 7.17. The van der Waals surface area contributed by atoms with Crippen molar-refractivity contribution >= 4 is 34.1 Å². The number of nitrogens with two attached hydrogens (primary N) is 1. The summed E-state index contributed by atoms with van der Waals surface area (Å²) in [6, 6.07) is 5.17.